The summed E-state index contributed by atoms with van der Waals surface area (Å²) in [4.78, 5) is 19.7. The van der Waals surface area contributed by atoms with Crippen molar-refractivity contribution < 1.29 is 41.6 Å². The Bertz CT molecular complexity index is 538. The van der Waals surface area contributed by atoms with Gasteiger partial charge in [0.25, 0.3) is 0 Å². The summed E-state index contributed by atoms with van der Waals surface area (Å²) in [5, 5.41) is 16.1. The van der Waals surface area contributed by atoms with Crippen LogP contribution in [0, 0.1) is 0 Å². The fourth-order valence-corrected chi connectivity index (χ4v) is 1.22. The van der Waals surface area contributed by atoms with E-state index in [0.717, 1.165) is 6.54 Å². The Labute approximate surface area is 137 Å². The fraction of sp³-hybridized carbons (Fsp3) is 0.462. The van der Waals surface area contributed by atoms with Gasteiger partial charge in [0.1, 0.15) is 12.4 Å². The van der Waals surface area contributed by atoms with Crippen molar-refractivity contribution in [2.45, 2.75) is 33.2 Å². The second-order valence-electron chi connectivity index (χ2n) is 4.64. The minimum absolute atomic E-state index is 0.178. The number of carboxylic acids is 2. The van der Waals surface area contributed by atoms with E-state index in [4.69, 9.17) is 10.2 Å². The number of carbonyl (C=O) groups is 2. The number of hydrogen-bond donors (Lipinski definition) is 2. The Morgan fingerprint density at radius 1 is 1.25 bits per heavy atom. The van der Waals surface area contributed by atoms with Crippen LogP contribution in [0.15, 0.2) is 30.4 Å². The molecular weight excluding hydrogens is 335 g/mol. The molecule has 0 aliphatic rings. The third-order valence-corrected chi connectivity index (χ3v) is 2.27. The molecule has 0 aliphatic heterocycles. The van der Waals surface area contributed by atoms with Crippen LogP contribution in [0.5, 0.6) is 0 Å². The molecular formula is C13H21BF4N2O4. The van der Waals surface area contributed by atoms with Gasteiger partial charge >= 0.3 is 19.2 Å². The lowest BCUT2D eigenvalue weighted by Gasteiger charge is -1.94. The maximum Gasteiger partial charge on any atom is 0.673 e. The number of rotatable bonds is 5. The maximum absolute atomic E-state index is 9.90. The van der Waals surface area contributed by atoms with Crippen LogP contribution >= 0.6 is 0 Å². The summed E-state index contributed by atoms with van der Waals surface area (Å²) >= 11 is 0. The van der Waals surface area contributed by atoms with Crippen LogP contribution in [-0.2, 0) is 23.2 Å². The first kappa shape index (κ1) is 23.9. The van der Waals surface area contributed by atoms with Gasteiger partial charge in [0.05, 0.1) is 13.6 Å². The second-order valence-corrected chi connectivity index (χ2v) is 4.64. The van der Waals surface area contributed by atoms with Crippen LogP contribution in [-0.4, -0.2) is 34.0 Å². The van der Waals surface area contributed by atoms with E-state index in [1.807, 2.05) is 7.05 Å². The molecule has 6 nitrogen and oxygen atoms in total. The molecule has 0 amide bonds. The molecule has 2 N–H and O–H groups in total. The van der Waals surface area contributed by atoms with E-state index in [1.165, 1.54) is 19.8 Å². The highest BCUT2D eigenvalue weighted by atomic mass is 19.5. The molecule has 24 heavy (non-hydrogen) atoms. The number of aliphatic carboxylic acids is 2. The molecule has 0 saturated carbocycles. The number of aromatic nitrogens is 2. The number of nitrogens with zero attached hydrogens (tertiary/aromatic N) is 2. The second kappa shape index (κ2) is 12.1. The predicted octanol–water partition coefficient (Wildman–Crippen LogP) is 2.51. The Morgan fingerprint density at radius 2 is 1.75 bits per heavy atom. The van der Waals surface area contributed by atoms with Crippen LogP contribution in [0.25, 0.3) is 0 Å². The average Bonchev–Trinajstić information content (AvgIpc) is 2.80. The zero-order valence-corrected chi connectivity index (χ0v) is 13.6. The van der Waals surface area contributed by atoms with Crippen molar-refractivity contribution in [2.75, 3.05) is 0 Å². The van der Waals surface area contributed by atoms with Gasteiger partial charge in [0.2, 0.25) is 6.33 Å². The first-order valence-corrected chi connectivity index (χ1v) is 6.89. The molecule has 1 aromatic heterocycles. The van der Waals surface area contributed by atoms with Gasteiger partial charge in [-0.25, -0.2) is 18.7 Å². The Balaban J connectivity index is 0. The third kappa shape index (κ3) is 19.7. The van der Waals surface area contributed by atoms with Crippen LogP contribution in [0.2, 0.25) is 0 Å². The molecule has 0 bridgehead atoms. The fourth-order valence-electron chi connectivity index (χ4n) is 1.22. The van der Waals surface area contributed by atoms with Crippen molar-refractivity contribution in [1.29, 1.82) is 0 Å². The van der Waals surface area contributed by atoms with Gasteiger partial charge in [0.15, 0.2) is 0 Å². The van der Waals surface area contributed by atoms with E-state index in [2.05, 4.69) is 34.8 Å². The van der Waals surface area contributed by atoms with Gasteiger partial charge in [0, 0.05) is 11.6 Å². The normalized spacial score (nSPS) is 10.9. The molecule has 0 fully saturated rings. The summed E-state index contributed by atoms with van der Waals surface area (Å²) in [5.74, 6) is -2.45. The van der Waals surface area contributed by atoms with Crippen LogP contribution in [0.3, 0.4) is 0 Å². The highest BCUT2D eigenvalue weighted by Gasteiger charge is 2.20. The highest BCUT2D eigenvalue weighted by molar-refractivity contribution is 6.50. The van der Waals surface area contributed by atoms with Crippen molar-refractivity contribution in [3.05, 3.63) is 30.4 Å². The average molecular weight is 356 g/mol. The van der Waals surface area contributed by atoms with E-state index in [9.17, 15) is 26.9 Å². The van der Waals surface area contributed by atoms with E-state index in [0.29, 0.717) is 6.08 Å². The molecule has 0 aromatic carbocycles. The monoisotopic (exact) mass is 356 g/mol. The summed E-state index contributed by atoms with van der Waals surface area (Å²) < 4.78 is 43.3. The van der Waals surface area contributed by atoms with Crippen LogP contribution in [0.4, 0.5) is 17.3 Å². The topological polar surface area (TPSA) is 83.4 Å². The lowest BCUT2D eigenvalue weighted by Crippen LogP contribution is -2.23. The Hall–Kier alpha value is -2.33. The van der Waals surface area contributed by atoms with Gasteiger partial charge in [-0.05, 0) is 13.3 Å². The van der Waals surface area contributed by atoms with E-state index in [1.54, 1.807) is 0 Å². The molecule has 11 heteroatoms. The molecule has 0 spiro atoms. The summed E-state index contributed by atoms with van der Waals surface area (Å²) in [6.45, 7) is 4.58. The summed E-state index contributed by atoms with van der Waals surface area (Å²) in [5.41, 5.74) is -0.178. The van der Waals surface area contributed by atoms with Gasteiger partial charge < -0.3 is 27.5 Å². The van der Waals surface area contributed by atoms with Gasteiger partial charge in [-0.3, -0.25) is 0 Å². The van der Waals surface area contributed by atoms with Crippen LogP contribution in [0.1, 0.15) is 26.7 Å². The smallest absolute Gasteiger partial charge is 0.478 e. The SMILES string of the molecule is C/C(=C/C(=O)O)C(=O)O.CCCCn1cc[n+](C)c1.F[B-](F)(F)F. The summed E-state index contributed by atoms with van der Waals surface area (Å²) in [6.07, 6.45) is 9.46. The molecule has 0 atom stereocenters. The quantitative estimate of drug-likeness (QED) is 0.368. The largest absolute Gasteiger partial charge is 0.673 e. The van der Waals surface area contributed by atoms with Gasteiger partial charge in [-0.1, -0.05) is 13.3 Å². The molecule has 0 saturated heterocycles. The molecule has 138 valence electrons. The molecule has 0 aliphatic carbocycles. The van der Waals surface area contributed by atoms with E-state index in [-0.39, 0.29) is 5.57 Å². The zero-order chi connectivity index (χ0) is 19.3. The lowest BCUT2D eigenvalue weighted by atomic mass is 10.3. The minimum atomic E-state index is -6.00. The van der Waals surface area contributed by atoms with Gasteiger partial charge in [-0.2, -0.15) is 0 Å². The molecule has 0 radical (unpaired) electrons. The third-order valence-electron chi connectivity index (χ3n) is 2.27. The predicted molar refractivity (Wildman–Crippen MR) is 79.7 cm³/mol. The number of imidazole rings is 1. The number of aryl methyl sites for hydroxylation is 2. The summed E-state index contributed by atoms with van der Waals surface area (Å²) in [6, 6.07) is 0. The van der Waals surface area contributed by atoms with Gasteiger partial charge in [-0.15, -0.1) is 0 Å². The number of carboxylic acid groups (broad SMARTS) is 2. The first-order valence-electron chi connectivity index (χ1n) is 6.89. The lowest BCUT2D eigenvalue weighted by molar-refractivity contribution is -0.671. The standard InChI is InChI=1S/C8H15N2.C5H6O4.BF4/c1-3-4-5-10-7-6-9(2)8-10;1-3(5(8)9)2-4(6)7;2-1(3,4)5/h6-8H,3-5H2,1-2H3;2H,1H3,(H,6,7)(H,8,9);/q+1;;-1/b;3-2-;. The zero-order valence-electron chi connectivity index (χ0n) is 13.6. The highest BCUT2D eigenvalue weighted by Crippen LogP contribution is 2.06. The molecule has 1 aromatic rings. The number of hydrogen-bond acceptors (Lipinski definition) is 2. The molecule has 0 unspecified atom stereocenters. The molecule has 1 heterocycles. The number of unbranched alkanes of at least 4 members (excludes halogenated alkanes) is 1. The Morgan fingerprint density at radius 3 is 2.00 bits per heavy atom. The molecule has 1 rings (SSSR count). The van der Waals surface area contributed by atoms with Crippen molar-refractivity contribution in [3.8, 4) is 0 Å². The summed E-state index contributed by atoms with van der Waals surface area (Å²) in [7, 11) is -3.96. The van der Waals surface area contributed by atoms with E-state index < -0.39 is 19.2 Å². The minimum Gasteiger partial charge on any atom is -0.478 e. The van der Waals surface area contributed by atoms with Crippen molar-refractivity contribution in [2.24, 2.45) is 7.05 Å². The number of halogens is 4. The van der Waals surface area contributed by atoms with Crippen molar-refractivity contribution in [1.82, 2.24) is 4.57 Å². The van der Waals surface area contributed by atoms with Crippen molar-refractivity contribution in [3.63, 3.8) is 0 Å². The first-order chi connectivity index (χ1) is 10.9. The Kier molecular flexibility index (Phi) is 12.1. The van der Waals surface area contributed by atoms with E-state index >= 15 is 0 Å². The van der Waals surface area contributed by atoms with Crippen molar-refractivity contribution >= 4 is 19.2 Å². The maximum atomic E-state index is 9.90. The van der Waals surface area contributed by atoms with Crippen LogP contribution < -0.4 is 4.57 Å².